The Hall–Kier alpha value is -1.75. The molecule has 0 radical (unpaired) electrons. The molecule has 1 fully saturated rings. The average Bonchev–Trinajstić information content (AvgIpc) is 2.58. The van der Waals surface area contributed by atoms with Gasteiger partial charge in [-0.15, -0.1) is 0 Å². The van der Waals surface area contributed by atoms with Gasteiger partial charge < -0.3 is 20.1 Å². The maximum absolute atomic E-state index is 12.0. The highest BCUT2D eigenvalue weighted by Gasteiger charge is 2.15. The van der Waals surface area contributed by atoms with E-state index in [9.17, 15) is 4.79 Å². The summed E-state index contributed by atoms with van der Waals surface area (Å²) in [6.45, 7) is 4.06. The number of hydrogen-bond acceptors (Lipinski definition) is 4. The number of hydrogen-bond donors (Lipinski definition) is 2. The summed E-state index contributed by atoms with van der Waals surface area (Å²) in [6, 6.07) is 8.01. The highest BCUT2D eigenvalue weighted by molar-refractivity contribution is 5.81. The lowest BCUT2D eigenvalue weighted by Gasteiger charge is -2.22. The summed E-state index contributed by atoms with van der Waals surface area (Å²) in [4.78, 5) is 12.0. The van der Waals surface area contributed by atoms with Crippen molar-refractivity contribution in [1.29, 1.82) is 0 Å². The molecule has 0 bridgehead atoms. The van der Waals surface area contributed by atoms with Crippen LogP contribution >= 0.6 is 0 Å². The molecule has 1 aliphatic carbocycles. The molecule has 0 heterocycles. The van der Waals surface area contributed by atoms with Crippen molar-refractivity contribution in [3.63, 3.8) is 0 Å². The molecule has 0 aliphatic heterocycles. The van der Waals surface area contributed by atoms with E-state index in [0.717, 1.165) is 24.3 Å². The van der Waals surface area contributed by atoms with Crippen LogP contribution in [0.3, 0.4) is 0 Å². The van der Waals surface area contributed by atoms with E-state index in [-0.39, 0.29) is 5.91 Å². The molecule has 2 N–H and O–H groups in total. The Labute approximate surface area is 138 Å². The lowest BCUT2D eigenvalue weighted by Crippen LogP contribution is -2.39. The molecule has 5 nitrogen and oxygen atoms in total. The Balaban J connectivity index is 1.70. The van der Waals surface area contributed by atoms with E-state index in [2.05, 4.69) is 10.6 Å². The van der Waals surface area contributed by atoms with Gasteiger partial charge in [0, 0.05) is 24.4 Å². The Bertz CT molecular complexity index is 473. The van der Waals surface area contributed by atoms with Crippen LogP contribution in [-0.4, -0.2) is 38.3 Å². The third kappa shape index (κ3) is 6.91. The Morgan fingerprint density at radius 3 is 2.83 bits per heavy atom. The van der Waals surface area contributed by atoms with Crippen molar-refractivity contribution in [2.24, 2.45) is 0 Å². The molecule has 0 spiro atoms. The summed E-state index contributed by atoms with van der Waals surface area (Å²) in [5.74, 6) is 0.835. The molecule has 1 aromatic carbocycles. The second kappa shape index (κ2) is 10.1. The Morgan fingerprint density at radius 1 is 1.22 bits per heavy atom. The van der Waals surface area contributed by atoms with E-state index < -0.39 is 0 Å². The molecule has 2 rings (SSSR count). The number of rotatable bonds is 9. The normalized spacial score (nSPS) is 15.2. The molecule has 0 aromatic heterocycles. The monoisotopic (exact) mass is 320 g/mol. The summed E-state index contributed by atoms with van der Waals surface area (Å²) in [5.41, 5.74) is 0.887. The highest BCUT2D eigenvalue weighted by atomic mass is 16.5. The van der Waals surface area contributed by atoms with Crippen LogP contribution in [0.25, 0.3) is 0 Å². The van der Waals surface area contributed by atoms with E-state index >= 15 is 0 Å². The van der Waals surface area contributed by atoms with Gasteiger partial charge in [0.1, 0.15) is 12.4 Å². The zero-order valence-electron chi connectivity index (χ0n) is 14.0. The number of ether oxygens (including phenoxy) is 2. The lowest BCUT2D eigenvalue weighted by atomic mass is 9.95. The van der Waals surface area contributed by atoms with Gasteiger partial charge in [-0.1, -0.05) is 25.3 Å². The summed E-state index contributed by atoms with van der Waals surface area (Å²) < 4.78 is 10.9. The van der Waals surface area contributed by atoms with Gasteiger partial charge in [-0.3, -0.25) is 4.79 Å². The second-order valence-corrected chi connectivity index (χ2v) is 5.83. The predicted octanol–water partition coefficient (Wildman–Crippen LogP) is 2.96. The van der Waals surface area contributed by atoms with Crippen molar-refractivity contribution >= 4 is 11.6 Å². The van der Waals surface area contributed by atoms with Crippen molar-refractivity contribution in [2.75, 3.05) is 31.7 Å². The van der Waals surface area contributed by atoms with Crippen LogP contribution in [0.4, 0.5) is 5.69 Å². The molecular formula is C18H28N2O3. The van der Waals surface area contributed by atoms with Gasteiger partial charge in [-0.25, -0.2) is 0 Å². The molecule has 23 heavy (non-hydrogen) atoms. The minimum atomic E-state index is 0.0552. The molecule has 1 aromatic rings. The fourth-order valence-electron chi connectivity index (χ4n) is 2.77. The van der Waals surface area contributed by atoms with Crippen molar-refractivity contribution < 1.29 is 14.3 Å². The zero-order chi connectivity index (χ0) is 16.3. The summed E-state index contributed by atoms with van der Waals surface area (Å²) >= 11 is 0. The van der Waals surface area contributed by atoms with Gasteiger partial charge in [0.25, 0.3) is 0 Å². The second-order valence-electron chi connectivity index (χ2n) is 5.83. The number of carbonyl (C=O) groups excluding carboxylic acids is 1. The third-order valence-corrected chi connectivity index (χ3v) is 3.96. The van der Waals surface area contributed by atoms with Gasteiger partial charge in [-0.05, 0) is 31.9 Å². The SMILES string of the molecule is CCOCCOc1cccc(NCC(=O)NC2CCCCC2)c1. The number of amides is 1. The maximum Gasteiger partial charge on any atom is 0.239 e. The first-order valence-electron chi connectivity index (χ1n) is 8.62. The first-order chi connectivity index (χ1) is 11.3. The third-order valence-electron chi connectivity index (χ3n) is 3.96. The van der Waals surface area contributed by atoms with Gasteiger partial charge >= 0.3 is 0 Å². The van der Waals surface area contributed by atoms with Crippen LogP contribution in [0.15, 0.2) is 24.3 Å². The topological polar surface area (TPSA) is 59.6 Å². The van der Waals surface area contributed by atoms with Gasteiger partial charge in [0.05, 0.1) is 13.2 Å². The minimum absolute atomic E-state index is 0.0552. The molecule has 0 atom stereocenters. The van der Waals surface area contributed by atoms with Crippen molar-refractivity contribution in [1.82, 2.24) is 5.32 Å². The Morgan fingerprint density at radius 2 is 2.04 bits per heavy atom. The van der Waals surface area contributed by atoms with Crippen LogP contribution in [0.1, 0.15) is 39.0 Å². The van der Waals surface area contributed by atoms with E-state index in [0.29, 0.717) is 32.4 Å². The predicted molar refractivity (Wildman–Crippen MR) is 91.9 cm³/mol. The van der Waals surface area contributed by atoms with E-state index in [1.807, 2.05) is 31.2 Å². The van der Waals surface area contributed by atoms with Gasteiger partial charge in [-0.2, -0.15) is 0 Å². The number of benzene rings is 1. The molecule has 0 unspecified atom stereocenters. The van der Waals surface area contributed by atoms with Crippen LogP contribution in [0.2, 0.25) is 0 Å². The van der Waals surface area contributed by atoms with Crippen molar-refractivity contribution in [3.05, 3.63) is 24.3 Å². The molecule has 0 saturated heterocycles. The van der Waals surface area contributed by atoms with Crippen molar-refractivity contribution in [3.8, 4) is 5.75 Å². The van der Waals surface area contributed by atoms with E-state index in [4.69, 9.17) is 9.47 Å². The standard InChI is InChI=1S/C18H28N2O3/c1-2-22-11-12-23-17-10-6-9-16(13-17)19-14-18(21)20-15-7-4-3-5-8-15/h6,9-10,13,15,19H,2-5,7-8,11-12,14H2,1H3,(H,20,21). The lowest BCUT2D eigenvalue weighted by molar-refractivity contribution is -0.120. The number of nitrogens with one attached hydrogen (secondary N) is 2. The first kappa shape index (κ1) is 17.6. The number of anilines is 1. The maximum atomic E-state index is 12.0. The molecule has 1 amide bonds. The van der Waals surface area contributed by atoms with Gasteiger partial charge in [0.15, 0.2) is 0 Å². The fraction of sp³-hybridized carbons (Fsp3) is 0.611. The van der Waals surface area contributed by atoms with Gasteiger partial charge in [0.2, 0.25) is 5.91 Å². The van der Waals surface area contributed by atoms with Crippen molar-refractivity contribution in [2.45, 2.75) is 45.1 Å². The molecule has 1 aliphatic rings. The largest absolute Gasteiger partial charge is 0.491 e. The van der Waals surface area contributed by atoms with Crippen LogP contribution in [0, 0.1) is 0 Å². The average molecular weight is 320 g/mol. The molecule has 1 saturated carbocycles. The minimum Gasteiger partial charge on any atom is -0.491 e. The van der Waals surface area contributed by atoms with E-state index in [1.165, 1.54) is 19.3 Å². The Kier molecular flexibility index (Phi) is 7.73. The zero-order valence-corrected chi connectivity index (χ0v) is 14.0. The molecule has 5 heteroatoms. The van der Waals surface area contributed by atoms with Crippen LogP contribution in [-0.2, 0) is 9.53 Å². The summed E-state index contributed by atoms with van der Waals surface area (Å²) in [5, 5.41) is 6.26. The summed E-state index contributed by atoms with van der Waals surface area (Å²) in [6.07, 6.45) is 5.95. The molecular weight excluding hydrogens is 292 g/mol. The summed E-state index contributed by atoms with van der Waals surface area (Å²) in [7, 11) is 0. The van der Waals surface area contributed by atoms with Crippen LogP contribution < -0.4 is 15.4 Å². The quantitative estimate of drug-likeness (QED) is 0.687. The highest BCUT2D eigenvalue weighted by Crippen LogP contribution is 2.18. The van der Waals surface area contributed by atoms with E-state index in [1.54, 1.807) is 0 Å². The fourth-order valence-corrected chi connectivity index (χ4v) is 2.77. The first-order valence-corrected chi connectivity index (χ1v) is 8.62. The number of carbonyl (C=O) groups is 1. The molecule has 128 valence electrons. The smallest absolute Gasteiger partial charge is 0.239 e. The van der Waals surface area contributed by atoms with Crippen LogP contribution in [0.5, 0.6) is 5.75 Å².